The van der Waals surface area contributed by atoms with Crippen molar-refractivity contribution in [1.82, 2.24) is 10.2 Å². The number of hydrogen-bond acceptors (Lipinski definition) is 4. The van der Waals surface area contributed by atoms with E-state index in [9.17, 15) is 9.90 Å². The summed E-state index contributed by atoms with van der Waals surface area (Å²) in [5, 5.41) is 12.5. The van der Waals surface area contributed by atoms with Crippen molar-refractivity contribution in [2.45, 2.75) is 13.0 Å². The Kier molecular flexibility index (Phi) is 5.01. The molecule has 5 nitrogen and oxygen atoms in total. The average Bonchev–Trinajstić information content (AvgIpc) is 3.00. The van der Waals surface area contributed by atoms with Crippen molar-refractivity contribution in [3.63, 3.8) is 0 Å². The van der Waals surface area contributed by atoms with Gasteiger partial charge in [-0.05, 0) is 54.8 Å². The van der Waals surface area contributed by atoms with Crippen molar-refractivity contribution in [2.24, 2.45) is 5.92 Å². The second kappa shape index (κ2) is 7.36. The molecule has 3 rings (SSSR count). The number of phenolic OH excluding ortho intramolecular Hbond substituents is 1. The van der Waals surface area contributed by atoms with E-state index in [1.165, 1.54) is 0 Å². The molecule has 2 aromatic carbocycles. The number of anilines is 1. The van der Waals surface area contributed by atoms with Crippen LogP contribution in [0.25, 0.3) is 0 Å². The van der Waals surface area contributed by atoms with Gasteiger partial charge in [-0.25, -0.2) is 0 Å². The van der Waals surface area contributed by atoms with Crippen LogP contribution in [0.1, 0.15) is 22.3 Å². The molecule has 0 saturated carbocycles. The molecule has 2 aromatic rings. The molecule has 24 heavy (non-hydrogen) atoms. The van der Waals surface area contributed by atoms with Crippen LogP contribution in [-0.4, -0.2) is 35.5 Å². The van der Waals surface area contributed by atoms with Crippen molar-refractivity contribution in [3.8, 4) is 5.75 Å². The Morgan fingerprint density at radius 3 is 2.88 bits per heavy atom. The Labute approximate surface area is 142 Å². The maximum atomic E-state index is 12.2. The van der Waals surface area contributed by atoms with E-state index in [4.69, 9.17) is 5.73 Å². The number of rotatable bonds is 5. The Balaban J connectivity index is 1.47. The van der Waals surface area contributed by atoms with Gasteiger partial charge in [-0.2, -0.15) is 0 Å². The summed E-state index contributed by atoms with van der Waals surface area (Å²) in [4.78, 5) is 14.5. The van der Waals surface area contributed by atoms with Gasteiger partial charge in [0.15, 0.2) is 0 Å². The summed E-state index contributed by atoms with van der Waals surface area (Å²) in [6.45, 7) is 3.46. The van der Waals surface area contributed by atoms with Gasteiger partial charge in [-0.1, -0.05) is 18.2 Å². The normalized spacial score (nSPS) is 17.8. The maximum Gasteiger partial charge on any atom is 0.251 e. The summed E-state index contributed by atoms with van der Waals surface area (Å²) in [6.07, 6.45) is 1.07. The van der Waals surface area contributed by atoms with Gasteiger partial charge in [0.2, 0.25) is 0 Å². The zero-order valence-corrected chi connectivity index (χ0v) is 13.6. The molecule has 4 N–H and O–H groups in total. The number of nitrogen functional groups attached to an aromatic ring is 1. The lowest BCUT2D eigenvalue weighted by Gasteiger charge is -2.16. The van der Waals surface area contributed by atoms with Gasteiger partial charge in [0.1, 0.15) is 5.75 Å². The number of carbonyl (C=O) groups excluding carboxylic acids is 1. The zero-order valence-electron chi connectivity index (χ0n) is 13.6. The van der Waals surface area contributed by atoms with Crippen LogP contribution in [-0.2, 0) is 6.54 Å². The van der Waals surface area contributed by atoms with Crippen LogP contribution in [0.3, 0.4) is 0 Å². The first-order chi connectivity index (χ1) is 11.6. The number of nitrogens with two attached hydrogens (primary N) is 1. The number of nitrogens with one attached hydrogen (secondary N) is 1. The molecule has 0 radical (unpaired) electrons. The quantitative estimate of drug-likeness (QED) is 0.737. The average molecular weight is 325 g/mol. The lowest BCUT2D eigenvalue weighted by Crippen LogP contribution is -2.31. The summed E-state index contributed by atoms with van der Waals surface area (Å²) < 4.78 is 0. The number of amides is 1. The predicted molar refractivity (Wildman–Crippen MR) is 94.7 cm³/mol. The number of phenols is 1. The first kappa shape index (κ1) is 16.3. The summed E-state index contributed by atoms with van der Waals surface area (Å²) in [7, 11) is 0. The van der Waals surface area contributed by atoms with E-state index < -0.39 is 0 Å². The van der Waals surface area contributed by atoms with E-state index in [1.807, 2.05) is 12.1 Å². The molecule has 0 aliphatic carbocycles. The molecule has 5 heteroatoms. The number of likely N-dealkylation sites (tertiary alicyclic amines) is 1. The minimum absolute atomic E-state index is 0.0752. The lowest BCUT2D eigenvalue weighted by molar-refractivity contribution is 0.0947. The molecule has 1 saturated heterocycles. The minimum atomic E-state index is -0.0752. The molecule has 0 unspecified atom stereocenters. The molecule has 1 aliphatic heterocycles. The highest BCUT2D eigenvalue weighted by molar-refractivity contribution is 5.94. The molecule has 1 amide bonds. The first-order valence-corrected chi connectivity index (χ1v) is 8.24. The number of benzene rings is 2. The predicted octanol–water partition coefficient (Wildman–Crippen LogP) is 2.23. The summed E-state index contributed by atoms with van der Waals surface area (Å²) in [5.74, 6) is 0.679. The highest BCUT2D eigenvalue weighted by Crippen LogP contribution is 2.20. The molecular formula is C19H23N3O2. The number of carbonyl (C=O) groups is 1. The van der Waals surface area contributed by atoms with Crippen molar-refractivity contribution in [3.05, 3.63) is 59.7 Å². The highest BCUT2D eigenvalue weighted by atomic mass is 16.3. The third-order valence-corrected chi connectivity index (χ3v) is 4.39. The number of hydrogen-bond donors (Lipinski definition) is 3. The number of aromatic hydroxyl groups is 1. The Hall–Kier alpha value is -2.53. The summed E-state index contributed by atoms with van der Waals surface area (Å²) in [5.41, 5.74) is 8.02. The van der Waals surface area contributed by atoms with Crippen molar-refractivity contribution in [2.75, 3.05) is 25.4 Å². The van der Waals surface area contributed by atoms with Gasteiger partial charge < -0.3 is 16.2 Å². The Morgan fingerprint density at radius 2 is 2.08 bits per heavy atom. The topological polar surface area (TPSA) is 78.6 Å². The van der Waals surface area contributed by atoms with Gasteiger partial charge in [0, 0.05) is 30.9 Å². The van der Waals surface area contributed by atoms with Crippen molar-refractivity contribution in [1.29, 1.82) is 0 Å². The van der Waals surface area contributed by atoms with Crippen LogP contribution in [0.15, 0.2) is 48.5 Å². The van der Waals surface area contributed by atoms with E-state index in [0.29, 0.717) is 29.5 Å². The van der Waals surface area contributed by atoms with Crippen LogP contribution in [0.5, 0.6) is 5.75 Å². The third-order valence-electron chi connectivity index (χ3n) is 4.39. The lowest BCUT2D eigenvalue weighted by atomic mass is 10.1. The minimum Gasteiger partial charge on any atom is -0.508 e. The third kappa shape index (κ3) is 4.26. The van der Waals surface area contributed by atoms with Crippen molar-refractivity contribution >= 4 is 11.6 Å². The molecule has 0 aromatic heterocycles. The zero-order chi connectivity index (χ0) is 16.9. The van der Waals surface area contributed by atoms with E-state index in [1.54, 1.807) is 36.4 Å². The van der Waals surface area contributed by atoms with E-state index in [-0.39, 0.29) is 5.91 Å². The van der Waals surface area contributed by atoms with Gasteiger partial charge in [0.25, 0.3) is 5.91 Å². The Bertz CT molecular complexity index is 717. The fourth-order valence-electron chi connectivity index (χ4n) is 3.16. The second-order valence-corrected chi connectivity index (χ2v) is 6.40. The molecule has 1 fully saturated rings. The summed E-state index contributed by atoms with van der Waals surface area (Å²) in [6, 6.07) is 14.4. The maximum absolute atomic E-state index is 12.2. The van der Waals surface area contributed by atoms with Crippen molar-refractivity contribution < 1.29 is 9.90 Å². The van der Waals surface area contributed by atoms with Crippen LogP contribution in [0.2, 0.25) is 0 Å². The monoisotopic (exact) mass is 325 g/mol. The SMILES string of the molecule is Nc1cccc(C(=O)NC[C@H]2CCN(Cc3cccc(O)c3)C2)c1. The smallest absolute Gasteiger partial charge is 0.251 e. The van der Waals surface area contributed by atoms with E-state index in [0.717, 1.165) is 31.6 Å². The molecule has 126 valence electrons. The van der Waals surface area contributed by atoms with E-state index >= 15 is 0 Å². The van der Waals surface area contributed by atoms with Gasteiger partial charge in [-0.3, -0.25) is 9.69 Å². The van der Waals surface area contributed by atoms with Gasteiger partial charge >= 0.3 is 0 Å². The fraction of sp³-hybridized carbons (Fsp3) is 0.316. The molecular weight excluding hydrogens is 302 g/mol. The summed E-state index contributed by atoms with van der Waals surface area (Å²) >= 11 is 0. The first-order valence-electron chi connectivity index (χ1n) is 8.24. The van der Waals surface area contributed by atoms with Crippen LogP contribution >= 0.6 is 0 Å². The standard InChI is InChI=1S/C19H23N3O2/c20-17-5-2-4-16(10-17)19(24)21-11-15-7-8-22(13-15)12-14-3-1-6-18(23)9-14/h1-6,9-10,15,23H,7-8,11-13,20H2,(H,21,24)/t15-/m1/s1. The highest BCUT2D eigenvalue weighted by Gasteiger charge is 2.23. The molecule has 1 aliphatic rings. The van der Waals surface area contributed by atoms with Crippen LogP contribution in [0, 0.1) is 5.92 Å². The van der Waals surface area contributed by atoms with Crippen LogP contribution < -0.4 is 11.1 Å². The second-order valence-electron chi connectivity index (χ2n) is 6.40. The Morgan fingerprint density at radius 1 is 1.25 bits per heavy atom. The largest absolute Gasteiger partial charge is 0.508 e. The molecule has 1 heterocycles. The van der Waals surface area contributed by atoms with Gasteiger partial charge in [0.05, 0.1) is 0 Å². The molecule has 0 spiro atoms. The molecule has 1 atom stereocenters. The number of nitrogens with zero attached hydrogens (tertiary/aromatic N) is 1. The fourth-order valence-corrected chi connectivity index (χ4v) is 3.16. The van der Waals surface area contributed by atoms with Gasteiger partial charge in [-0.15, -0.1) is 0 Å². The molecule has 0 bridgehead atoms. The van der Waals surface area contributed by atoms with E-state index in [2.05, 4.69) is 10.2 Å². The van der Waals surface area contributed by atoms with Crippen LogP contribution in [0.4, 0.5) is 5.69 Å².